The summed E-state index contributed by atoms with van der Waals surface area (Å²) in [7, 11) is 2.00. The number of carbonyl (C=O) groups is 1. The number of aromatic amines is 1. The number of rotatable bonds is 8. The largest absolute Gasteiger partial charge is 0.506 e. The van der Waals surface area contributed by atoms with E-state index in [4.69, 9.17) is 4.74 Å². The number of H-pyrrole nitrogens is 1. The van der Waals surface area contributed by atoms with Gasteiger partial charge < -0.3 is 19.6 Å². The minimum absolute atomic E-state index is 0.0747. The monoisotopic (exact) mass is 553 g/mol. The highest BCUT2D eigenvalue weighted by molar-refractivity contribution is 5.99. The van der Waals surface area contributed by atoms with Crippen LogP contribution in [0.5, 0.6) is 0 Å². The number of amides is 1. The van der Waals surface area contributed by atoms with Crippen LogP contribution < -0.4 is 4.90 Å². The summed E-state index contributed by atoms with van der Waals surface area (Å²) in [5.41, 5.74) is 5.35. The standard InChI is InChI=1S/C30H31N7O4/c1-4-6-11-25-35(3)22-16-23-27(39)28(41-5-2)30(40)37(23)24(17-38)26(22)36(25)19-14-12-18(13-15-19)20-9-7-8-10-21(20)29-31-33-34-32-29/h7-10,12-15,23,25,39H,4-6,11,16H2,1-3H3,(H,31,32,33,34). The lowest BCUT2D eigenvalue weighted by Crippen LogP contribution is -2.42. The average molecular weight is 554 g/mol. The Labute approximate surface area is 237 Å². The van der Waals surface area contributed by atoms with Crippen molar-refractivity contribution in [2.45, 2.75) is 51.7 Å². The van der Waals surface area contributed by atoms with Crippen molar-refractivity contribution in [3.05, 3.63) is 77.1 Å². The molecular weight excluding hydrogens is 522 g/mol. The van der Waals surface area contributed by atoms with Crippen LogP contribution >= 0.6 is 0 Å². The van der Waals surface area contributed by atoms with E-state index in [-0.39, 0.29) is 30.0 Å². The predicted molar refractivity (Wildman–Crippen MR) is 151 cm³/mol. The summed E-state index contributed by atoms with van der Waals surface area (Å²) in [5.74, 6) is 1.86. The third-order valence-electron chi connectivity index (χ3n) is 8.00. The van der Waals surface area contributed by atoms with Crippen molar-refractivity contribution in [1.82, 2.24) is 30.4 Å². The first kappa shape index (κ1) is 26.3. The first-order valence-corrected chi connectivity index (χ1v) is 13.8. The Kier molecular flexibility index (Phi) is 6.80. The van der Waals surface area contributed by atoms with Gasteiger partial charge in [0, 0.05) is 30.4 Å². The van der Waals surface area contributed by atoms with Crippen molar-refractivity contribution in [3.8, 4) is 22.5 Å². The Bertz CT molecular complexity index is 1590. The zero-order valence-electron chi connectivity index (χ0n) is 23.2. The maximum atomic E-state index is 13.3. The molecular formula is C30H31N7O4. The fourth-order valence-electron chi connectivity index (χ4n) is 6.08. The van der Waals surface area contributed by atoms with Gasteiger partial charge in [0.15, 0.2) is 23.2 Å². The van der Waals surface area contributed by atoms with Crippen molar-refractivity contribution in [1.29, 1.82) is 0 Å². The Hall–Kier alpha value is -4.89. The first-order valence-electron chi connectivity index (χ1n) is 13.8. The molecule has 0 aliphatic carbocycles. The van der Waals surface area contributed by atoms with E-state index < -0.39 is 11.9 Å². The summed E-state index contributed by atoms with van der Waals surface area (Å²) in [4.78, 5) is 31.5. The SMILES string of the molecule is CCCCC1N(C)C2=C(C(=C=O)N3C(=O)C(OCC)=C(O)C3C2)N1c1ccc(-c2ccccc2-c2nnn[nH]2)cc1. The summed E-state index contributed by atoms with van der Waals surface area (Å²) in [6.45, 7) is 4.12. The van der Waals surface area contributed by atoms with Crippen LogP contribution in [0.1, 0.15) is 39.5 Å². The second kappa shape index (κ2) is 10.6. The third-order valence-corrected chi connectivity index (χ3v) is 8.00. The molecule has 1 aromatic heterocycles. The van der Waals surface area contributed by atoms with Gasteiger partial charge in [-0.25, -0.2) is 9.89 Å². The zero-order valence-corrected chi connectivity index (χ0v) is 23.2. The van der Waals surface area contributed by atoms with Crippen LogP contribution in [0.2, 0.25) is 0 Å². The van der Waals surface area contributed by atoms with Crippen LogP contribution in [0, 0.1) is 0 Å². The van der Waals surface area contributed by atoms with Crippen molar-refractivity contribution in [3.63, 3.8) is 0 Å². The van der Waals surface area contributed by atoms with Crippen LogP contribution in [0.3, 0.4) is 0 Å². The minimum atomic E-state index is -0.696. The lowest BCUT2D eigenvalue weighted by Gasteiger charge is -2.34. The fourth-order valence-corrected chi connectivity index (χ4v) is 6.08. The number of tetrazole rings is 1. The van der Waals surface area contributed by atoms with Gasteiger partial charge in [-0.05, 0) is 53.5 Å². The maximum absolute atomic E-state index is 13.3. The number of aromatic nitrogens is 4. The van der Waals surface area contributed by atoms with Gasteiger partial charge >= 0.3 is 0 Å². The molecule has 0 radical (unpaired) electrons. The topological polar surface area (TPSA) is 128 Å². The number of ether oxygens (including phenoxy) is 1. The highest BCUT2D eigenvalue weighted by atomic mass is 16.5. The van der Waals surface area contributed by atoms with E-state index in [1.54, 1.807) is 6.92 Å². The van der Waals surface area contributed by atoms with Gasteiger partial charge in [-0.3, -0.25) is 9.69 Å². The molecule has 1 amide bonds. The molecule has 0 saturated heterocycles. The molecule has 2 N–H and O–H groups in total. The smallest absolute Gasteiger partial charge is 0.298 e. The quantitative estimate of drug-likeness (QED) is 0.396. The Morgan fingerprint density at radius 1 is 1.10 bits per heavy atom. The molecule has 2 aromatic carbocycles. The van der Waals surface area contributed by atoms with Crippen LogP contribution in [0.15, 0.2) is 77.1 Å². The normalized spacial score (nSPS) is 20.1. The summed E-state index contributed by atoms with van der Waals surface area (Å²) in [6, 6.07) is 15.3. The van der Waals surface area contributed by atoms with Crippen LogP contribution in [0.4, 0.5) is 5.69 Å². The highest BCUT2D eigenvalue weighted by Gasteiger charge is 2.53. The lowest BCUT2D eigenvalue weighted by atomic mass is 9.98. The molecule has 210 valence electrons. The molecule has 3 aliphatic rings. The number of unbranched alkanes of at least 4 members (excludes halogenated alkanes) is 1. The predicted octanol–water partition coefficient (Wildman–Crippen LogP) is 4.15. The molecule has 11 heteroatoms. The molecule has 4 heterocycles. The molecule has 0 fully saturated rings. The highest BCUT2D eigenvalue weighted by Crippen LogP contribution is 2.48. The van der Waals surface area contributed by atoms with Crippen molar-refractivity contribution in [2.24, 2.45) is 0 Å². The average Bonchev–Trinajstić information content (AvgIpc) is 3.69. The molecule has 2 atom stereocenters. The van der Waals surface area contributed by atoms with Crippen LogP contribution in [-0.2, 0) is 14.3 Å². The molecule has 6 rings (SSSR count). The van der Waals surface area contributed by atoms with Gasteiger partial charge in [-0.1, -0.05) is 49.7 Å². The first-order chi connectivity index (χ1) is 20.0. The zero-order chi connectivity index (χ0) is 28.7. The molecule has 0 spiro atoms. The van der Waals surface area contributed by atoms with Gasteiger partial charge in [0.1, 0.15) is 12.2 Å². The number of fused-ring (bicyclic) bond motifs is 1. The number of nitrogens with zero attached hydrogens (tertiary/aromatic N) is 6. The van der Waals surface area contributed by atoms with E-state index in [0.717, 1.165) is 47.3 Å². The number of hydrogen-bond donors (Lipinski definition) is 2. The summed E-state index contributed by atoms with van der Waals surface area (Å²) >= 11 is 0. The molecule has 2 unspecified atom stereocenters. The molecule has 11 nitrogen and oxygen atoms in total. The van der Waals surface area contributed by atoms with E-state index in [0.29, 0.717) is 17.9 Å². The molecule has 3 aromatic rings. The summed E-state index contributed by atoms with van der Waals surface area (Å²) < 4.78 is 5.47. The van der Waals surface area contributed by atoms with E-state index in [1.165, 1.54) is 4.90 Å². The lowest BCUT2D eigenvalue weighted by molar-refractivity contribution is -0.128. The Balaban J connectivity index is 1.41. The number of aliphatic hydroxyl groups excluding tert-OH is 1. The maximum Gasteiger partial charge on any atom is 0.298 e. The van der Waals surface area contributed by atoms with Crippen molar-refractivity contribution < 1.29 is 19.4 Å². The molecule has 0 bridgehead atoms. The number of anilines is 1. The van der Waals surface area contributed by atoms with E-state index in [2.05, 4.69) is 37.3 Å². The van der Waals surface area contributed by atoms with Gasteiger partial charge in [0.2, 0.25) is 5.76 Å². The van der Waals surface area contributed by atoms with Gasteiger partial charge in [0.05, 0.1) is 12.3 Å². The van der Waals surface area contributed by atoms with E-state index >= 15 is 0 Å². The number of hydrogen-bond acceptors (Lipinski definition) is 9. The van der Waals surface area contributed by atoms with Gasteiger partial charge in [0.25, 0.3) is 5.91 Å². The number of nitrogens with one attached hydrogen (secondary N) is 1. The number of aliphatic hydroxyl groups is 1. The van der Waals surface area contributed by atoms with Crippen LogP contribution in [0.25, 0.3) is 22.5 Å². The summed E-state index contributed by atoms with van der Waals surface area (Å²) in [6.07, 6.45) is 3.13. The Morgan fingerprint density at radius 3 is 2.51 bits per heavy atom. The molecule has 0 saturated carbocycles. The summed E-state index contributed by atoms with van der Waals surface area (Å²) in [5, 5.41) is 25.2. The third kappa shape index (κ3) is 4.17. The number of carbonyl (C=O) groups excluding carboxylic acids is 2. The van der Waals surface area contributed by atoms with Gasteiger partial charge in [-0.15, -0.1) is 5.10 Å². The van der Waals surface area contributed by atoms with Crippen molar-refractivity contribution >= 4 is 17.5 Å². The molecule has 41 heavy (non-hydrogen) atoms. The van der Waals surface area contributed by atoms with Crippen molar-refractivity contribution in [2.75, 3.05) is 18.6 Å². The van der Waals surface area contributed by atoms with E-state index in [9.17, 15) is 14.7 Å². The second-order valence-corrected chi connectivity index (χ2v) is 10.2. The molecule has 3 aliphatic heterocycles. The number of benzene rings is 2. The van der Waals surface area contributed by atoms with Crippen LogP contribution in [-0.4, -0.2) is 73.2 Å². The second-order valence-electron chi connectivity index (χ2n) is 10.2. The van der Waals surface area contributed by atoms with Gasteiger partial charge in [-0.2, -0.15) is 0 Å². The van der Waals surface area contributed by atoms with E-state index in [1.807, 2.05) is 61.5 Å². The minimum Gasteiger partial charge on any atom is -0.506 e. The Morgan fingerprint density at radius 2 is 1.85 bits per heavy atom. The fraction of sp³-hybridized carbons (Fsp3) is 0.333.